The lowest BCUT2D eigenvalue weighted by Crippen LogP contribution is -2.30. The van der Waals surface area contributed by atoms with Gasteiger partial charge in [-0.2, -0.15) is 0 Å². The Morgan fingerprint density at radius 2 is 1.09 bits per heavy atom. The lowest BCUT2D eigenvalue weighted by atomic mass is 9.77. The largest absolute Gasteiger partial charge is 0.457 e. The van der Waals surface area contributed by atoms with Crippen molar-refractivity contribution in [2.75, 3.05) is 0 Å². The van der Waals surface area contributed by atoms with E-state index in [-0.39, 0.29) is 0 Å². The molecule has 6 rings (SSSR count). The molecule has 5 aromatic carbocycles. The van der Waals surface area contributed by atoms with E-state index in [4.69, 9.17) is 4.74 Å². The van der Waals surface area contributed by atoms with Gasteiger partial charge < -0.3 is 9.84 Å². The van der Waals surface area contributed by atoms with E-state index in [1.807, 2.05) is 97.1 Å². The van der Waals surface area contributed by atoms with Crippen LogP contribution < -0.4 is 4.74 Å². The third-order valence-corrected chi connectivity index (χ3v) is 6.94. The first-order valence-electron chi connectivity index (χ1n) is 11.2. The zero-order chi connectivity index (χ0) is 23.1. The summed E-state index contributed by atoms with van der Waals surface area (Å²) in [5, 5.41) is 12.9. The van der Waals surface area contributed by atoms with Crippen LogP contribution in [0.5, 0.6) is 11.5 Å². The van der Waals surface area contributed by atoms with E-state index in [0.29, 0.717) is 11.3 Å². The molecular formula is C31H21BrO2. The van der Waals surface area contributed by atoms with Crippen molar-refractivity contribution < 1.29 is 9.84 Å². The summed E-state index contributed by atoms with van der Waals surface area (Å²) in [5.74, 6) is 1.33. The Morgan fingerprint density at radius 1 is 0.529 bits per heavy atom. The first-order chi connectivity index (χ1) is 16.7. The SMILES string of the molecule is OC1(c2ccccc2Oc2ccccc2)c2ccccc2-c2ccccc2-c2ccc(Br)cc21. The lowest BCUT2D eigenvalue weighted by Gasteiger charge is -2.33. The molecule has 0 heterocycles. The molecule has 0 aromatic heterocycles. The number of hydrogen-bond acceptors (Lipinski definition) is 2. The third-order valence-electron chi connectivity index (χ3n) is 6.44. The van der Waals surface area contributed by atoms with Gasteiger partial charge in [0, 0.05) is 21.2 Å². The molecule has 3 heteroatoms. The molecule has 2 nitrogen and oxygen atoms in total. The average Bonchev–Trinajstić information content (AvgIpc) is 2.97. The van der Waals surface area contributed by atoms with Gasteiger partial charge in [0.05, 0.1) is 0 Å². The van der Waals surface area contributed by atoms with Crippen LogP contribution in [0.3, 0.4) is 0 Å². The van der Waals surface area contributed by atoms with E-state index in [1.165, 1.54) is 0 Å². The highest BCUT2D eigenvalue weighted by Gasteiger charge is 2.42. The first kappa shape index (κ1) is 20.9. The van der Waals surface area contributed by atoms with Crippen molar-refractivity contribution in [1.29, 1.82) is 0 Å². The number of para-hydroxylation sites is 2. The molecule has 34 heavy (non-hydrogen) atoms. The summed E-state index contributed by atoms with van der Waals surface area (Å²) in [4.78, 5) is 0. The summed E-state index contributed by atoms with van der Waals surface area (Å²) in [5.41, 5.74) is 5.06. The molecule has 1 N–H and O–H groups in total. The minimum absolute atomic E-state index is 0.614. The Kier molecular flexibility index (Phi) is 5.09. The predicted molar refractivity (Wildman–Crippen MR) is 140 cm³/mol. The van der Waals surface area contributed by atoms with Crippen LogP contribution >= 0.6 is 15.9 Å². The maximum absolute atomic E-state index is 12.9. The molecule has 0 spiro atoms. The van der Waals surface area contributed by atoms with Gasteiger partial charge >= 0.3 is 0 Å². The molecule has 0 saturated heterocycles. The maximum Gasteiger partial charge on any atom is 0.145 e. The highest BCUT2D eigenvalue weighted by Crippen LogP contribution is 2.52. The van der Waals surface area contributed by atoms with Gasteiger partial charge in [-0.3, -0.25) is 0 Å². The van der Waals surface area contributed by atoms with E-state index in [0.717, 1.165) is 43.6 Å². The summed E-state index contributed by atoms with van der Waals surface area (Å²) < 4.78 is 7.24. The van der Waals surface area contributed by atoms with Crippen molar-refractivity contribution in [3.8, 4) is 33.8 Å². The van der Waals surface area contributed by atoms with Gasteiger partial charge in [0.15, 0.2) is 0 Å². The van der Waals surface area contributed by atoms with Crippen LogP contribution in [0.25, 0.3) is 22.3 Å². The molecular weight excluding hydrogens is 484 g/mol. The topological polar surface area (TPSA) is 29.5 Å². The fraction of sp³-hybridized carbons (Fsp3) is 0.0323. The minimum atomic E-state index is -1.44. The molecule has 5 aromatic rings. The van der Waals surface area contributed by atoms with Crippen LogP contribution in [0.15, 0.2) is 126 Å². The Morgan fingerprint density at radius 3 is 1.82 bits per heavy atom. The highest BCUT2D eigenvalue weighted by atomic mass is 79.9. The normalized spacial score (nSPS) is 16.1. The zero-order valence-corrected chi connectivity index (χ0v) is 19.9. The van der Waals surface area contributed by atoms with E-state index < -0.39 is 5.60 Å². The van der Waals surface area contributed by atoms with Crippen LogP contribution in [0.4, 0.5) is 0 Å². The van der Waals surface area contributed by atoms with Crippen molar-refractivity contribution in [3.05, 3.63) is 142 Å². The number of halogens is 1. The summed E-state index contributed by atoms with van der Waals surface area (Å²) >= 11 is 3.65. The summed E-state index contributed by atoms with van der Waals surface area (Å²) in [6.07, 6.45) is 0. The van der Waals surface area contributed by atoms with Gasteiger partial charge in [-0.1, -0.05) is 107 Å². The molecule has 0 saturated carbocycles. The molecule has 0 amide bonds. The first-order valence-corrected chi connectivity index (χ1v) is 12.0. The Labute approximate surface area is 207 Å². The van der Waals surface area contributed by atoms with Crippen LogP contribution in [0.1, 0.15) is 16.7 Å². The fourth-order valence-corrected chi connectivity index (χ4v) is 5.30. The molecule has 0 aliphatic heterocycles. The Bertz CT molecular complexity index is 1510. The summed E-state index contributed by atoms with van der Waals surface area (Å²) in [6.45, 7) is 0. The summed E-state index contributed by atoms with van der Waals surface area (Å²) in [7, 11) is 0. The second-order valence-electron chi connectivity index (χ2n) is 8.40. The number of rotatable bonds is 3. The van der Waals surface area contributed by atoms with Gasteiger partial charge in [-0.25, -0.2) is 0 Å². The van der Waals surface area contributed by atoms with Gasteiger partial charge in [0.1, 0.15) is 17.1 Å². The lowest BCUT2D eigenvalue weighted by molar-refractivity contribution is 0.124. The van der Waals surface area contributed by atoms with Crippen molar-refractivity contribution in [1.82, 2.24) is 0 Å². The maximum atomic E-state index is 12.9. The quantitative estimate of drug-likeness (QED) is 0.268. The van der Waals surface area contributed by atoms with E-state index in [9.17, 15) is 5.11 Å². The molecule has 0 bridgehead atoms. The Balaban J connectivity index is 1.70. The number of hydrogen-bond donors (Lipinski definition) is 1. The van der Waals surface area contributed by atoms with Crippen LogP contribution in [0, 0.1) is 0 Å². The number of ether oxygens (including phenoxy) is 1. The second kappa shape index (κ2) is 8.28. The monoisotopic (exact) mass is 504 g/mol. The van der Waals surface area contributed by atoms with Crippen molar-refractivity contribution in [2.24, 2.45) is 0 Å². The smallest absolute Gasteiger partial charge is 0.145 e. The summed E-state index contributed by atoms with van der Waals surface area (Å²) in [6, 6.07) is 40.0. The van der Waals surface area contributed by atoms with Crippen molar-refractivity contribution in [2.45, 2.75) is 5.60 Å². The highest BCUT2D eigenvalue weighted by molar-refractivity contribution is 9.10. The van der Waals surface area contributed by atoms with E-state index >= 15 is 0 Å². The predicted octanol–water partition coefficient (Wildman–Crippen LogP) is 8.17. The van der Waals surface area contributed by atoms with Gasteiger partial charge in [0.25, 0.3) is 0 Å². The van der Waals surface area contributed by atoms with Gasteiger partial charge in [-0.15, -0.1) is 0 Å². The number of benzene rings is 5. The van der Waals surface area contributed by atoms with Gasteiger partial charge in [-0.05, 0) is 52.6 Å². The van der Waals surface area contributed by atoms with Crippen LogP contribution in [-0.4, -0.2) is 5.11 Å². The molecule has 1 aliphatic carbocycles. The molecule has 164 valence electrons. The van der Waals surface area contributed by atoms with Gasteiger partial charge in [0.2, 0.25) is 0 Å². The average molecular weight is 505 g/mol. The number of fused-ring (bicyclic) bond motifs is 5. The molecule has 0 radical (unpaired) electrons. The van der Waals surface area contributed by atoms with Crippen LogP contribution in [-0.2, 0) is 5.60 Å². The zero-order valence-electron chi connectivity index (χ0n) is 18.3. The molecule has 1 unspecified atom stereocenters. The third kappa shape index (κ3) is 3.28. The van der Waals surface area contributed by atoms with Crippen molar-refractivity contribution in [3.63, 3.8) is 0 Å². The molecule has 1 atom stereocenters. The fourth-order valence-electron chi connectivity index (χ4n) is 4.94. The second-order valence-corrected chi connectivity index (χ2v) is 9.32. The molecule has 1 aliphatic rings. The Hall–Kier alpha value is -3.66. The molecule has 0 fully saturated rings. The standard InChI is InChI=1S/C31H21BrO2/c32-21-18-19-26-24-13-5-4-12-23(24)25-14-6-7-15-27(25)31(33,29(26)20-21)28-16-8-9-17-30(28)34-22-10-2-1-3-11-22/h1-20,33H. The van der Waals surface area contributed by atoms with E-state index in [2.05, 4.69) is 40.2 Å². The minimum Gasteiger partial charge on any atom is -0.457 e. The van der Waals surface area contributed by atoms with Crippen LogP contribution in [0.2, 0.25) is 0 Å². The van der Waals surface area contributed by atoms with E-state index in [1.54, 1.807) is 0 Å². The number of aliphatic hydroxyl groups is 1. The van der Waals surface area contributed by atoms with Crippen molar-refractivity contribution >= 4 is 15.9 Å².